The van der Waals surface area contributed by atoms with E-state index in [1.54, 1.807) is 7.11 Å². The number of ether oxygens (including phenoxy) is 1. The second-order valence-electron chi connectivity index (χ2n) is 5.10. The molecule has 1 saturated heterocycles. The summed E-state index contributed by atoms with van der Waals surface area (Å²) in [5, 5.41) is 3.64. The van der Waals surface area contributed by atoms with Gasteiger partial charge in [-0.3, -0.25) is 0 Å². The largest absolute Gasteiger partial charge is 0.496 e. The van der Waals surface area contributed by atoms with Gasteiger partial charge < -0.3 is 10.1 Å². The molecule has 0 aromatic heterocycles. The molecule has 1 aromatic rings. The van der Waals surface area contributed by atoms with Crippen molar-refractivity contribution in [3.05, 3.63) is 29.3 Å². The Bertz CT molecular complexity index is 388. The van der Waals surface area contributed by atoms with E-state index in [-0.39, 0.29) is 0 Å². The van der Waals surface area contributed by atoms with Crippen LogP contribution >= 0.6 is 11.8 Å². The van der Waals surface area contributed by atoms with Gasteiger partial charge in [0.25, 0.3) is 0 Å². The third-order valence-corrected chi connectivity index (χ3v) is 4.82. The molecule has 1 N–H and O–H groups in total. The summed E-state index contributed by atoms with van der Waals surface area (Å²) in [6, 6.07) is 6.79. The lowest BCUT2D eigenvalue weighted by atomic mass is 10.0. The minimum absolute atomic E-state index is 0.353. The van der Waals surface area contributed by atoms with E-state index in [0.29, 0.717) is 6.04 Å². The minimum atomic E-state index is 0.353. The first-order valence-corrected chi connectivity index (χ1v) is 7.82. The molecule has 100 valence electrons. The lowest BCUT2D eigenvalue weighted by Crippen LogP contribution is -2.26. The van der Waals surface area contributed by atoms with E-state index in [1.807, 2.05) is 0 Å². The van der Waals surface area contributed by atoms with Crippen LogP contribution in [-0.4, -0.2) is 25.2 Å². The Balaban J connectivity index is 1.96. The number of methoxy groups -OCH3 is 1. The van der Waals surface area contributed by atoms with Crippen molar-refractivity contribution in [3.8, 4) is 5.75 Å². The number of rotatable bonds is 5. The minimum Gasteiger partial charge on any atom is -0.496 e. The Hall–Kier alpha value is -0.670. The van der Waals surface area contributed by atoms with Gasteiger partial charge in [-0.15, -0.1) is 0 Å². The van der Waals surface area contributed by atoms with E-state index in [0.717, 1.165) is 18.2 Å². The zero-order valence-corrected chi connectivity index (χ0v) is 12.3. The molecular weight excluding hydrogens is 242 g/mol. The molecule has 1 aromatic carbocycles. The first-order valence-electron chi connectivity index (χ1n) is 6.66. The zero-order valence-electron chi connectivity index (χ0n) is 11.5. The average molecular weight is 265 g/mol. The third-order valence-electron chi connectivity index (χ3n) is 3.59. The molecule has 0 radical (unpaired) electrons. The zero-order chi connectivity index (χ0) is 13.0. The van der Waals surface area contributed by atoms with Gasteiger partial charge in [-0.2, -0.15) is 11.8 Å². The van der Waals surface area contributed by atoms with Crippen molar-refractivity contribution in [2.75, 3.05) is 25.2 Å². The van der Waals surface area contributed by atoms with E-state index in [1.165, 1.54) is 29.1 Å². The molecule has 0 bridgehead atoms. The third kappa shape index (κ3) is 3.42. The van der Waals surface area contributed by atoms with Crippen molar-refractivity contribution in [2.45, 2.75) is 26.3 Å². The van der Waals surface area contributed by atoms with Crippen LogP contribution in [0.3, 0.4) is 0 Å². The number of hydrogen-bond acceptors (Lipinski definition) is 3. The number of thioether (sulfide) groups is 1. The molecule has 1 aliphatic rings. The SMILES string of the molecule is COc1cc(C)ccc1C(C)NCC1CCSC1. The first kappa shape index (κ1) is 13.8. The highest BCUT2D eigenvalue weighted by atomic mass is 32.2. The Morgan fingerprint density at radius 1 is 1.50 bits per heavy atom. The van der Waals surface area contributed by atoms with Crippen LogP contribution in [0, 0.1) is 12.8 Å². The molecule has 0 amide bonds. The van der Waals surface area contributed by atoms with E-state index < -0.39 is 0 Å². The quantitative estimate of drug-likeness (QED) is 0.881. The summed E-state index contributed by atoms with van der Waals surface area (Å²) in [6.45, 7) is 5.43. The van der Waals surface area contributed by atoms with Crippen molar-refractivity contribution in [2.24, 2.45) is 5.92 Å². The summed E-state index contributed by atoms with van der Waals surface area (Å²) in [5.74, 6) is 4.48. The maximum absolute atomic E-state index is 5.47. The topological polar surface area (TPSA) is 21.3 Å². The average Bonchev–Trinajstić information content (AvgIpc) is 2.88. The van der Waals surface area contributed by atoms with E-state index in [4.69, 9.17) is 4.74 Å². The monoisotopic (exact) mass is 265 g/mol. The molecule has 0 aliphatic carbocycles. The molecule has 1 heterocycles. The van der Waals surface area contributed by atoms with E-state index >= 15 is 0 Å². The van der Waals surface area contributed by atoms with Gasteiger partial charge in [0.1, 0.15) is 5.75 Å². The van der Waals surface area contributed by atoms with Crippen LogP contribution in [0.15, 0.2) is 18.2 Å². The molecule has 1 fully saturated rings. The second-order valence-corrected chi connectivity index (χ2v) is 6.25. The number of hydrogen-bond donors (Lipinski definition) is 1. The summed E-state index contributed by atoms with van der Waals surface area (Å²) in [5.41, 5.74) is 2.50. The molecule has 0 saturated carbocycles. The molecule has 3 heteroatoms. The second kappa shape index (κ2) is 6.48. The summed E-state index contributed by atoms with van der Waals surface area (Å²) < 4.78 is 5.47. The maximum Gasteiger partial charge on any atom is 0.123 e. The molecule has 2 unspecified atom stereocenters. The van der Waals surface area contributed by atoms with Crippen LogP contribution in [0.5, 0.6) is 5.75 Å². The maximum atomic E-state index is 5.47. The molecule has 2 nitrogen and oxygen atoms in total. The van der Waals surface area contributed by atoms with Crippen molar-refractivity contribution < 1.29 is 4.74 Å². The van der Waals surface area contributed by atoms with Gasteiger partial charge in [-0.25, -0.2) is 0 Å². The van der Waals surface area contributed by atoms with Gasteiger partial charge in [0.05, 0.1) is 7.11 Å². The fraction of sp³-hybridized carbons (Fsp3) is 0.600. The van der Waals surface area contributed by atoms with Crippen LogP contribution in [0.25, 0.3) is 0 Å². The Kier molecular flexibility index (Phi) is 4.95. The van der Waals surface area contributed by atoms with Crippen LogP contribution in [0.1, 0.15) is 30.5 Å². The van der Waals surface area contributed by atoms with E-state index in [2.05, 4.69) is 49.1 Å². The number of nitrogens with one attached hydrogen (secondary N) is 1. The molecule has 18 heavy (non-hydrogen) atoms. The first-order chi connectivity index (χ1) is 8.70. The molecule has 2 rings (SSSR count). The molecular formula is C15H23NOS. The number of benzene rings is 1. The van der Waals surface area contributed by atoms with Gasteiger partial charge >= 0.3 is 0 Å². The Morgan fingerprint density at radius 2 is 2.33 bits per heavy atom. The highest BCUT2D eigenvalue weighted by molar-refractivity contribution is 7.99. The lowest BCUT2D eigenvalue weighted by Gasteiger charge is -2.19. The predicted molar refractivity (Wildman–Crippen MR) is 79.6 cm³/mol. The normalized spacial score (nSPS) is 20.9. The Labute approximate surface area is 114 Å². The van der Waals surface area contributed by atoms with Gasteiger partial charge in [0.2, 0.25) is 0 Å². The predicted octanol–water partition coefficient (Wildman–Crippen LogP) is 3.41. The van der Waals surface area contributed by atoms with Crippen molar-refractivity contribution in [3.63, 3.8) is 0 Å². The van der Waals surface area contributed by atoms with Crippen LogP contribution in [-0.2, 0) is 0 Å². The Morgan fingerprint density at radius 3 is 3.00 bits per heavy atom. The van der Waals surface area contributed by atoms with Crippen LogP contribution in [0.2, 0.25) is 0 Å². The lowest BCUT2D eigenvalue weighted by molar-refractivity contribution is 0.397. The standard InChI is InChI=1S/C15H23NOS/c1-11-4-5-14(15(8-11)17-3)12(2)16-9-13-6-7-18-10-13/h4-5,8,12-13,16H,6-7,9-10H2,1-3H3. The van der Waals surface area contributed by atoms with Gasteiger partial charge in [-0.05, 0) is 55.9 Å². The summed E-state index contributed by atoms with van der Waals surface area (Å²) >= 11 is 2.07. The fourth-order valence-corrected chi connectivity index (χ4v) is 3.66. The summed E-state index contributed by atoms with van der Waals surface area (Å²) in [7, 11) is 1.75. The van der Waals surface area contributed by atoms with Gasteiger partial charge in [-0.1, -0.05) is 12.1 Å². The van der Waals surface area contributed by atoms with Crippen molar-refractivity contribution >= 4 is 11.8 Å². The highest BCUT2D eigenvalue weighted by Crippen LogP contribution is 2.27. The van der Waals surface area contributed by atoms with Crippen molar-refractivity contribution in [1.29, 1.82) is 0 Å². The summed E-state index contributed by atoms with van der Waals surface area (Å²) in [6.07, 6.45) is 1.36. The number of aryl methyl sites for hydroxylation is 1. The molecule has 1 aliphatic heterocycles. The smallest absolute Gasteiger partial charge is 0.123 e. The van der Waals surface area contributed by atoms with Gasteiger partial charge in [0.15, 0.2) is 0 Å². The molecule has 0 spiro atoms. The van der Waals surface area contributed by atoms with Crippen molar-refractivity contribution in [1.82, 2.24) is 5.32 Å². The summed E-state index contributed by atoms with van der Waals surface area (Å²) in [4.78, 5) is 0. The highest BCUT2D eigenvalue weighted by Gasteiger charge is 2.17. The van der Waals surface area contributed by atoms with Gasteiger partial charge in [0, 0.05) is 11.6 Å². The van der Waals surface area contributed by atoms with Crippen LogP contribution in [0.4, 0.5) is 0 Å². The fourth-order valence-electron chi connectivity index (χ4n) is 2.37. The van der Waals surface area contributed by atoms with Crippen LogP contribution < -0.4 is 10.1 Å². The van der Waals surface area contributed by atoms with E-state index in [9.17, 15) is 0 Å². The molecule has 2 atom stereocenters.